The van der Waals surface area contributed by atoms with Crippen molar-refractivity contribution in [2.24, 2.45) is 0 Å². The highest BCUT2D eigenvalue weighted by Crippen LogP contribution is 2.23. The summed E-state index contributed by atoms with van der Waals surface area (Å²) in [5.41, 5.74) is 0. The summed E-state index contributed by atoms with van der Waals surface area (Å²) in [7, 11) is 0. The van der Waals surface area contributed by atoms with Crippen molar-refractivity contribution < 1.29 is 17.4 Å². The minimum absolute atomic E-state index is 0.155. The van der Waals surface area contributed by atoms with Crippen LogP contribution in [0.15, 0.2) is 0 Å². The molecule has 6 heteroatoms. The molecule has 0 rings (SSSR count). The van der Waals surface area contributed by atoms with Crippen LogP contribution in [0.5, 0.6) is 0 Å². The quantitative estimate of drug-likeness (QED) is 0.460. The monoisotopic (exact) mass is 166 g/mol. The minimum atomic E-state index is -4.57. The summed E-state index contributed by atoms with van der Waals surface area (Å²) in [6, 6.07) is 0. The fraction of sp³-hybridized carbons (Fsp3) is 1.00. The molecule has 0 heterocycles. The first kappa shape index (κ1) is 8.39. The van der Waals surface area contributed by atoms with Crippen LogP contribution >= 0.6 is 23.6 Å². The highest BCUT2D eigenvalue weighted by Gasteiger charge is 2.29. The van der Waals surface area contributed by atoms with Crippen LogP contribution in [0.4, 0.5) is 13.2 Å². The van der Waals surface area contributed by atoms with E-state index in [0.717, 1.165) is 0 Å². The Labute approximate surface area is 53.3 Å². The van der Waals surface area contributed by atoms with Gasteiger partial charge in [0.1, 0.15) is 0 Å². The van der Waals surface area contributed by atoms with Crippen molar-refractivity contribution in [3.8, 4) is 0 Å². The molecule has 0 spiro atoms. The highest BCUT2D eigenvalue weighted by molar-refractivity contribution is 7.95. The van der Waals surface area contributed by atoms with Gasteiger partial charge in [0.25, 0.3) is 0 Å². The summed E-state index contributed by atoms with van der Waals surface area (Å²) in [5, 5.41) is -0.223. The summed E-state index contributed by atoms with van der Waals surface area (Å²) < 4.78 is 36.0. The zero-order valence-corrected chi connectivity index (χ0v) is 5.11. The molecule has 0 saturated heterocycles. The predicted molar refractivity (Wildman–Crippen MR) is 25.5 cm³/mol. The second-order valence-corrected chi connectivity index (χ2v) is 2.03. The third-order valence-electron chi connectivity index (χ3n) is 0.198. The molecule has 0 aromatic rings. The average molecular weight is 167 g/mol. The van der Waals surface area contributed by atoms with Crippen LogP contribution in [-0.4, -0.2) is 11.6 Å². The van der Waals surface area contributed by atoms with E-state index < -0.39 is 6.36 Å². The Morgan fingerprint density at radius 3 is 2.12 bits per heavy atom. The number of hydrogen-bond acceptors (Lipinski definition) is 2. The van der Waals surface area contributed by atoms with E-state index in [1.54, 1.807) is 0 Å². The molecule has 0 N–H and O–H groups in total. The van der Waals surface area contributed by atoms with E-state index in [1.807, 2.05) is 0 Å². The summed E-state index contributed by atoms with van der Waals surface area (Å²) in [6.07, 6.45) is -4.57. The first-order valence-electron chi connectivity index (χ1n) is 1.49. The fourth-order valence-electron chi connectivity index (χ4n) is 0.0891. The van der Waals surface area contributed by atoms with Gasteiger partial charge < -0.3 is 0 Å². The van der Waals surface area contributed by atoms with Gasteiger partial charge in [0.15, 0.2) is 0 Å². The van der Waals surface area contributed by atoms with E-state index in [1.165, 1.54) is 0 Å². The van der Waals surface area contributed by atoms with Crippen molar-refractivity contribution in [1.29, 1.82) is 0 Å². The normalized spacial score (nSPS) is 12.0. The molecular formula is C2H2ClF3OS. The van der Waals surface area contributed by atoms with E-state index in [4.69, 9.17) is 11.6 Å². The lowest BCUT2D eigenvalue weighted by Gasteiger charge is -2.01. The van der Waals surface area contributed by atoms with Gasteiger partial charge in [-0.3, -0.25) is 0 Å². The summed E-state index contributed by atoms with van der Waals surface area (Å²) in [4.78, 5) is 0. The molecule has 1 nitrogen and oxygen atoms in total. The zero-order valence-electron chi connectivity index (χ0n) is 3.54. The minimum Gasteiger partial charge on any atom is -0.219 e. The van der Waals surface area contributed by atoms with Gasteiger partial charge in [0, 0.05) is 12.0 Å². The first-order chi connectivity index (χ1) is 3.56. The lowest BCUT2D eigenvalue weighted by molar-refractivity contribution is -0.266. The Hall–Kier alpha value is 0.390. The fourth-order valence-corrected chi connectivity index (χ4v) is 0.401. The Morgan fingerprint density at radius 2 is 2.00 bits per heavy atom. The molecule has 8 heavy (non-hydrogen) atoms. The van der Waals surface area contributed by atoms with E-state index in [-0.39, 0.29) is 17.3 Å². The zero-order chi connectivity index (χ0) is 6.62. The third-order valence-corrected chi connectivity index (χ3v) is 0.861. The molecule has 50 valence electrons. The van der Waals surface area contributed by atoms with Gasteiger partial charge in [-0.05, 0) is 0 Å². The summed E-state index contributed by atoms with van der Waals surface area (Å²) in [5.74, 6) is 0. The van der Waals surface area contributed by atoms with Crippen molar-refractivity contribution in [2.45, 2.75) is 6.36 Å². The predicted octanol–water partition coefficient (Wildman–Crippen LogP) is 2.37. The molecular weight excluding hydrogens is 165 g/mol. The molecule has 0 fully saturated rings. The van der Waals surface area contributed by atoms with Crippen LogP contribution in [0.25, 0.3) is 0 Å². The Balaban J connectivity index is 3.11. The maximum absolute atomic E-state index is 10.9. The van der Waals surface area contributed by atoms with Crippen molar-refractivity contribution in [1.82, 2.24) is 0 Å². The van der Waals surface area contributed by atoms with Gasteiger partial charge in [-0.15, -0.1) is 24.8 Å². The van der Waals surface area contributed by atoms with Gasteiger partial charge in [-0.2, -0.15) is 0 Å². The molecule has 0 saturated carbocycles. The number of rotatable bonds is 2. The smallest absolute Gasteiger partial charge is 0.219 e. The van der Waals surface area contributed by atoms with Crippen molar-refractivity contribution in [2.75, 3.05) is 5.21 Å². The Kier molecular flexibility index (Phi) is 3.59. The third kappa shape index (κ3) is 6.39. The first-order valence-corrected chi connectivity index (χ1v) is 2.94. The molecule has 0 amide bonds. The number of hydrogen-bond donors (Lipinski definition) is 0. The van der Waals surface area contributed by atoms with Gasteiger partial charge >= 0.3 is 6.36 Å². The second-order valence-electron chi connectivity index (χ2n) is 0.756. The standard InChI is InChI=1S/C2H2ClF3OS/c3-1-8-7-2(4,5)6/h1H2. The summed E-state index contributed by atoms with van der Waals surface area (Å²) >= 11 is 5.00. The molecule has 0 atom stereocenters. The summed E-state index contributed by atoms with van der Waals surface area (Å²) in [6.45, 7) is 0. The molecule has 0 aliphatic rings. The van der Waals surface area contributed by atoms with Crippen molar-refractivity contribution >= 4 is 23.6 Å². The molecule has 0 aliphatic carbocycles. The lowest BCUT2D eigenvalue weighted by atomic mass is 11.4. The molecule has 0 aliphatic heterocycles. The second kappa shape index (κ2) is 3.42. The van der Waals surface area contributed by atoms with Gasteiger partial charge in [0.2, 0.25) is 0 Å². The molecule has 0 bridgehead atoms. The van der Waals surface area contributed by atoms with Crippen molar-refractivity contribution in [3.05, 3.63) is 0 Å². The van der Waals surface area contributed by atoms with Crippen LogP contribution < -0.4 is 0 Å². The van der Waals surface area contributed by atoms with Crippen LogP contribution in [0.1, 0.15) is 0 Å². The molecule has 0 unspecified atom stereocenters. The molecule has 0 aromatic carbocycles. The van der Waals surface area contributed by atoms with E-state index in [0.29, 0.717) is 0 Å². The van der Waals surface area contributed by atoms with Gasteiger partial charge in [-0.25, -0.2) is 4.18 Å². The average Bonchev–Trinajstić information content (AvgIpc) is 1.59. The van der Waals surface area contributed by atoms with Crippen LogP contribution in [0.3, 0.4) is 0 Å². The molecule has 0 radical (unpaired) electrons. The van der Waals surface area contributed by atoms with E-state index in [9.17, 15) is 13.2 Å². The van der Waals surface area contributed by atoms with Crippen molar-refractivity contribution in [3.63, 3.8) is 0 Å². The van der Waals surface area contributed by atoms with Crippen LogP contribution in [0, 0.1) is 0 Å². The Morgan fingerprint density at radius 1 is 1.50 bits per heavy atom. The number of alkyl halides is 4. The van der Waals surface area contributed by atoms with E-state index in [2.05, 4.69) is 4.18 Å². The lowest BCUT2D eigenvalue weighted by Crippen LogP contribution is -2.07. The van der Waals surface area contributed by atoms with Gasteiger partial charge in [-0.1, -0.05) is 0 Å². The largest absolute Gasteiger partial charge is 0.533 e. The maximum atomic E-state index is 10.9. The number of halogens is 4. The Bertz CT molecular complexity index is 64.8. The van der Waals surface area contributed by atoms with Crippen LogP contribution in [-0.2, 0) is 4.18 Å². The molecule has 0 aromatic heterocycles. The van der Waals surface area contributed by atoms with E-state index >= 15 is 0 Å². The van der Waals surface area contributed by atoms with Crippen LogP contribution in [0.2, 0.25) is 0 Å². The highest BCUT2D eigenvalue weighted by atomic mass is 35.5. The van der Waals surface area contributed by atoms with Gasteiger partial charge in [0.05, 0.1) is 5.21 Å². The maximum Gasteiger partial charge on any atom is 0.533 e. The topological polar surface area (TPSA) is 9.23 Å². The SMILES string of the molecule is FC(F)(F)OSCCl.